The van der Waals surface area contributed by atoms with Crippen molar-refractivity contribution in [3.8, 4) is 17.3 Å². The number of pyridine rings is 1. The van der Waals surface area contributed by atoms with Gasteiger partial charge in [0.1, 0.15) is 0 Å². The molecule has 3 aromatic rings. The first-order valence-electron chi connectivity index (χ1n) is 8.37. The zero-order valence-corrected chi connectivity index (χ0v) is 15.2. The van der Waals surface area contributed by atoms with Crippen molar-refractivity contribution in [3.05, 3.63) is 36.2 Å². The highest BCUT2D eigenvalue weighted by molar-refractivity contribution is 7.99. The van der Waals surface area contributed by atoms with E-state index in [0.717, 1.165) is 41.1 Å². The van der Waals surface area contributed by atoms with Crippen LogP contribution in [-0.4, -0.2) is 57.6 Å². The lowest BCUT2D eigenvalue weighted by Gasteiger charge is -2.25. The van der Waals surface area contributed by atoms with Crippen molar-refractivity contribution < 1.29 is 14.1 Å². The van der Waals surface area contributed by atoms with Crippen LogP contribution >= 0.6 is 11.8 Å². The average Bonchev–Trinajstić information content (AvgIpc) is 3.16. The Morgan fingerprint density at radius 2 is 2.08 bits per heavy atom. The average molecular weight is 370 g/mol. The van der Waals surface area contributed by atoms with Crippen molar-refractivity contribution in [1.29, 1.82) is 0 Å². The van der Waals surface area contributed by atoms with Crippen LogP contribution in [0.5, 0.6) is 5.88 Å². The summed E-state index contributed by atoms with van der Waals surface area (Å²) in [5, 5.41) is 4.88. The van der Waals surface area contributed by atoms with Crippen molar-refractivity contribution in [1.82, 2.24) is 20.0 Å². The largest absolute Gasteiger partial charge is 0.481 e. The molecule has 0 bridgehead atoms. The molecular formula is C18H18N4O3S. The van der Waals surface area contributed by atoms with Crippen LogP contribution in [0.1, 0.15) is 5.82 Å². The summed E-state index contributed by atoms with van der Waals surface area (Å²) < 4.78 is 10.7. The van der Waals surface area contributed by atoms with E-state index in [1.165, 1.54) is 0 Å². The second-order valence-corrected chi connectivity index (χ2v) is 7.14. The van der Waals surface area contributed by atoms with Gasteiger partial charge < -0.3 is 14.2 Å². The summed E-state index contributed by atoms with van der Waals surface area (Å²) in [6.07, 6.45) is 0.147. The molecule has 1 amide bonds. The van der Waals surface area contributed by atoms with Gasteiger partial charge in [0.25, 0.3) is 5.89 Å². The molecule has 0 radical (unpaired) electrons. The van der Waals surface area contributed by atoms with Gasteiger partial charge >= 0.3 is 0 Å². The van der Waals surface area contributed by atoms with Gasteiger partial charge in [-0.1, -0.05) is 23.4 Å². The third-order valence-electron chi connectivity index (χ3n) is 4.27. The van der Waals surface area contributed by atoms with Crippen LogP contribution in [0.2, 0.25) is 0 Å². The fourth-order valence-electron chi connectivity index (χ4n) is 2.93. The first kappa shape index (κ1) is 16.8. The molecule has 8 heteroatoms. The lowest BCUT2D eigenvalue weighted by atomic mass is 10.1. The summed E-state index contributed by atoms with van der Waals surface area (Å²) in [6, 6.07) is 9.44. The first-order chi connectivity index (χ1) is 12.7. The Hall–Kier alpha value is -2.61. The van der Waals surface area contributed by atoms with E-state index in [2.05, 4.69) is 15.1 Å². The topological polar surface area (TPSA) is 81.4 Å². The molecule has 1 fully saturated rings. The van der Waals surface area contributed by atoms with E-state index in [0.29, 0.717) is 17.6 Å². The molecule has 0 aliphatic carbocycles. The van der Waals surface area contributed by atoms with Crippen LogP contribution in [0.3, 0.4) is 0 Å². The highest BCUT2D eigenvalue weighted by Gasteiger charge is 2.21. The summed E-state index contributed by atoms with van der Waals surface area (Å²) in [6.45, 7) is 1.56. The quantitative estimate of drug-likeness (QED) is 0.697. The van der Waals surface area contributed by atoms with Crippen LogP contribution in [0.15, 0.2) is 34.9 Å². The van der Waals surface area contributed by atoms with Crippen LogP contribution in [0, 0.1) is 0 Å². The van der Waals surface area contributed by atoms with Crippen LogP contribution < -0.4 is 4.74 Å². The molecule has 1 saturated heterocycles. The van der Waals surface area contributed by atoms with Gasteiger partial charge in [-0.2, -0.15) is 16.7 Å². The van der Waals surface area contributed by atoms with Crippen LogP contribution in [-0.2, 0) is 11.2 Å². The molecule has 4 rings (SSSR count). The maximum absolute atomic E-state index is 12.4. The van der Waals surface area contributed by atoms with Gasteiger partial charge in [0, 0.05) is 36.0 Å². The lowest BCUT2D eigenvalue weighted by molar-refractivity contribution is -0.130. The fraction of sp³-hybridized carbons (Fsp3) is 0.333. The van der Waals surface area contributed by atoms with E-state index in [4.69, 9.17) is 9.26 Å². The first-order valence-corrected chi connectivity index (χ1v) is 9.52. The second-order valence-electron chi connectivity index (χ2n) is 5.92. The Bertz CT molecular complexity index is 937. The van der Waals surface area contributed by atoms with E-state index in [-0.39, 0.29) is 12.3 Å². The number of ether oxygens (including phenoxy) is 1. The number of nitrogens with zero attached hydrogens (tertiary/aromatic N) is 4. The van der Waals surface area contributed by atoms with Crippen molar-refractivity contribution in [3.63, 3.8) is 0 Å². The second kappa shape index (κ2) is 7.33. The van der Waals surface area contributed by atoms with Crippen molar-refractivity contribution in [2.75, 3.05) is 31.7 Å². The summed E-state index contributed by atoms with van der Waals surface area (Å²) in [7, 11) is 1.57. The number of rotatable bonds is 4. The van der Waals surface area contributed by atoms with Crippen molar-refractivity contribution in [2.24, 2.45) is 0 Å². The molecule has 1 aliphatic rings. The predicted molar refractivity (Wildman–Crippen MR) is 99.2 cm³/mol. The normalized spacial score (nSPS) is 14.6. The Kier molecular flexibility index (Phi) is 4.75. The molecule has 0 unspecified atom stereocenters. The molecular weight excluding hydrogens is 352 g/mol. The van der Waals surface area contributed by atoms with E-state index in [1.807, 2.05) is 40.9 Å². The zero-order chi connectivity index (χ0) is 17.9. The highest BCUT2D eigenvalue weighted by atomic mass is 32.2. The van der Waals surface area contributed by atoms with Gasteiger partial charge in [0.2, 0.25) is 11.8 Å². The van der Waals surface area contributed by atoms with Gasteiger partial charge in [-0.3, -0.25) is 4.79 Å². The Morgan fingerprint density at radius 3 is 2.88 bits per heavy atom. The summed E-state index contributed by atoms with van der Waals surface area (Å²) >= 11 is 1.87. The number of carbonyl (C=O) groups is 1. The Labute approximate surface area is 154 Å². The maximum atomic E-state index is 12.4. The van der Waals surface area contributed by atoms with Crippen molar-refractivity contribution >= 4 is 28.6 Å². The highest BCUT2D eigenvalue weighted by Crippen LogP contribution is 2.29. The Balaban J connectivity index is 1.62. The molecule has 0 N–H and O–H groups in total. The lowest BCUT2D eigenvalue weighted by Crippen LogP contribution is -2.38. The molecule has 3 heterocycles. The number of fused-ring (bicyclic) bond motifs is 1. The number of aromatic nitrogens is 3. The molecule has 7 nitrogen and oxygen atoms in total. The molecule has 0 atom stereocenters. The molecule has 1 aliphatic heterocycles. The van der Waals surface area contributed by atoms with Crippen LogP contribution in [0.4, 0.5) is 0 Å². The van der Waals surface area contributed by atoms with E-state index < -0.39 is 0 Å². The third kappa shape index (κ3) is 3.37. The standard InChI is InChI=1S/C18H18N4O3S/c1-24-16-10-13(12-4-2-3-5-14(12)19-16)18-20-15(21-25-18)11-17(23)22-6-8-26-9-7-22/h2-5,10H,6-9,11H2,1H3. The monoisotopic (exact) mass is 370 g/mol. The fourth-order valence-corrected chi connectivity index (χ4v) is 3.83. The number of para-hydroxylation sites is 1. The van der Waals surface area contributed by atoms with E-state index >= 15 is 0 Å². The number of hydrogen-bond donors (Lipinski definition) is 0. The maximum Gasteiger partial charge on any atom is 0.258 e. The number of methoxy groups -OCH3 is 1. The summed E-state index contributed by atoms with van der Waals surface area (Å²) in [5.41, 5.74) is 1.52. The van der Waals surface area contributed by atoms with Gasteiger partial charge in [0.05, 0.1) is 24.6 Å². The molecule has 1 aromatic carbocycles. The minimum absolute atomic E-state index is 0.0369. The number of thioether (sulfide) groups is 1. The minimum Gasteiger partial charge on any atom is -0.481 e. The van der Waals surface area contributed by atoms with Gasteiger partial charge in [-0.25, -0.2) is 4.98 Å². The van der Waals surface area contributed by atoms with Crippen molar-refractivity contribution in [2.45, 2.75) is 6.42 Å². The molecule has 26 heavy (non-hydrogen) atoms. The van der Waals surface area contributed by atoms with E-state index in [9.17, 15) is 4.79 Å². The van der Waals surface area contributed by atoms with E-state index in [1.54, 1.807) is 13.2 Å². The third-order valence-corrected chi connectivity index (χ3v) is 5.22. The molecule has 0 spiro atoms. The molecule has 0 saturated carbocycles. The number of benzene rings is 1. The number of carbonyl (C=O) groups excluding carboxylic acids is 1. The molecule has 134 valence electrons. The van der Waals surface area contributed by atoms with Crippen LogP contribution in [0.25, 0.3) is 22.4 Å². The Morgan fingerprint density at radius 1 is 1.27 bits per heavy atom. The number of hydrogen-bond acceptors (Lipinski definition) is 7. The smallest absolute Gasteiger partial charge is 0.258 e. The van der Waals surface area contributed by atoms with Gasteiger partial charge in [-0.05, 0) is 6.07 Å². The number of amides is 1. The summed E-state index contributed by atoms with van der Waals surface area (Å²) in [5.74, 6) is 3.22. The van der Waals surface area contributed by atoms with Gasteiger partial charge in [0.15, 0.2) is 5.82 Å². The summed E-state index contributed by atoms with van der Waals surface area (Å²) in [4.78, 5) is 23.1. The SMILES string of the molecule is COc1cc(-c2nc(CC(=O)N3CCSCC3)no2)c2ccccc2n1. The molecule has 2 aromatic heterocycles. The van der Waals surface area contributed by atoms with Gasteiger partial charge in [-0.15, -0.1) is 0 Å². The predicted octanol–water partition coefficient (Wildman–Crippen LogP) is 2.41. The minimum atomic E-state index is 0.0369. The zero-order valence-electron chi connectivity index (χ0n) is 14.3.